The Morgan fingerprint density at radius 1 is 1.32 bits per heavy atom. The van der Waals surface area contributed by atoms with Gasteiger partial charge in [-0.05, 0) is 12.5 Å². The molecule has 0 fully saturated rings. The SMILES string of the molecule is CC1=NC(=O)NC(c2ccccc2)C1C(=O)OCC(Cl)(Cl)Cl. The van der Waals surface area contributed by atoms with Crippen molar-refractivity contribution >= 4 is 52.5 Å². The van der Waals surface area contributed by atoms with Gasteiger partial charge in [-0.15, -0.1) is 0 Å². The molecule has 0 aliphatic carbocycles. The number of hydrogen-bond acceptors (Lipinski definition) is 3. The molecule has 0 radical (unpaired) electrons. The lowest BCUT2D eigenvalue weighted by Gasteiger charge is -2.30. The number of halogens is 3. The Kier molecular flexibility index (Phi) is 5.32. The number of amides is 2. The second kappa shape index (κ2) is 6.86. The molecule has 2 unspecified atom stereocenters. The highest BCUT2D eigenvalue weighted by atomic mass is 35.6. The summed E-state index contributed by atoms with van der Waals surface area (Å²) in [5.41, 5.74) is 1.12. The number of benzene rings is 1. The van der Waals surface area contributed by atoms with Crippen LogP contribution < -0.4 is 5.32 Å². The number of rotatable bonds is 3. The largest absolute Gasteiger partial charge is 0.461 e. The van der Waals surface area contributed by atoms with E-state index in [1.54, 1.807) is 19.1 Å². The van der Waals surface area contributed by atoms with E-state index in [1.807, 2.05) is 18.2 Å². The summed E-state index contributed by atoms with van der Waals surface area (Å²) in [6.07, 6.45) is 0. The average molecular weight is 364 g/mol. The lowest BCUT2D eigenvalue weighted by Crippen LogP contribution is -2.44. The normalized spacial score (nSPS) is 21.8. The van der Waals surface area contributed by atoms with Gasteiger partial charge >= 0.3 is 12.0 Å². The fourth-order valence-corrected chi connectivity index (χ4v) is 2.37. The number of esters is 1. The zero-order valence-corrected chi connectivity index (χ0v) is 13.8. The topological polar surface area (TPSA) is 67.8 Å². The monoisotopic (exact) mass is 362 g/mol. The summed E-state index contributed by atoms with van der Waals surface area (Å²) >= 11 is 16.7. The number of aliphatic imine (C=N–C) groups is 1. The summed E-state index contributed by atoms with van der Waals surface area (Å²) in [5.74, 6) is -1.38. The van der Waals surface area contributed by atoms with Crippen LogP contribution in [0, 0.1) is 5.92 Å². The molecule has 0 aromatic heterocycles. The Labute approximate surface area is 142 Å². The standard InChI is InChI=1S/C14H13Cl3N2O3/c1-8-10(12(20)22-7-14(15,16)17)11(19-13(21)18-8)9-5-3-2-4-6-9/h2-6,10-11H,7H2,1H3,(H,19,21). The zero-order chi connectivity index (χ0) is 16.3. The van der Waals surface area contributed by atoms with Gasteiger partial charge in [0, 0.05) is 5.71 Å². The van der Waals surface area contributed by atoms with Crippen molar-refractivity contribution in [2.75, 3.05) is 6.61 Å². The summed E-state index contributed by atoms with van der Waals surface area (Å²) in [6.45, 7) is 1.21. The van der Waals surface area contributed by atoms with Crippen LogP contribution in [-0.4, -0.2) is 28.1 Å². The van der Waals surface area contributed by atoms with E-state index in [0.717, 1.165) is 5.56 Å². The lowest BCUT2D eigenvalue weighted by atomic mass is 9.88. The first kappa shape index (κ1) is 17.1. The first-order valence-electron chi connectivity index (χ1n) is 6.42. The van der Waals surface area contributed by atoms with Crippen LogP contribution in [-0.2, 0) is 9.53 Å². The molecule has 0 saturated carbocycles. The van der Waals surface area contributed by atoms with E-state index in [4.69, 9.17) is 39.5 Å². The van der Waals surface area contributed by atoms with Gasteiger partial charge in [0.1, 0.15) is 12.5 Å². The van der Waals surface area contributed by atoms with Crippen molar-refractivity contribution in [1.29, 1.82) is 0 Å². The fraction of sp³-hybridized carbons (Fsp3) is 0.357. The van der Waals surface area contributed by atoms with Gasteiger partial charge in [0.2, 0.25) is 3.79 Å². The van der Waals surface area contributed by atoms with Gasteiger partial charge in [0.05, 0.1) is 6.04 Å². The Morgan fingerprint density at radius 2 is 1.95 bits per heavy atom. The van der Waals surface area contributed by atoms with Crippen LogP contribution in [0.25, 0.3) is 0 Å². The average Bonchev–Trinajstić information content (AvgIpc) is 2.44. The van der Waals surface area contributed by atoms with E-state index in [9.17, 15) is 9.59 Å². The van der Waals surface area contributed by atoms with Crippen molar-refractivity contribution in [3.63, 3.8) is 0 Å². The van der Waals surface area contributed by atoms with E-state index < -0.39 is 27.8 Å². The molecule has 1 N–H and O–H groups in total. The number of carbonyl (C=O) groups is 2. The molecule has 0 spiro atoms. The number of hydrogen-bond donors (Lipinski definition) is 1. The summed E-state index contributed by atoms with van der Waals surface area (Å²) in [7, 11) is 0. The Bertz CT molecular complexity index is 599. The second-order valence-electron chi connectivity index (χ2n) is 4.79. The zero-order valence-electron chi connectivity index (χ0n) is 11.6. The minimum atomic E-state index is -1.69. The third-order valence-electron chi connectivity index (χ3n) is 3.13. The van der Waals surface area contributed by atoms with Crippen LogP contribution in [0.15, 0.2) is 35.3 Å². The van der Waals surface area contributed by atoms with Gasteiger partial charge in [0.25, 0.3) is 0 Å². The third-order valence-corrected chi connectivity index (χ3v) is 3.46. The molecule has 2 amide bonds. The first-order chi connectivity index (χ1) is 10.3. The van der Waals surface area contributed by atoms with Gasteiger partial charge in [0.15, 0.2) is 0 Å². The number of alkyl halides is 3. The van der Waals surface area contributed by atoms with E-state index in [0.29, 0.717) is 5.71 Å². The molecule has 0 saturated heterocycles. The number of nitrogens with one attached hydrogen (secondary N) is 1. The highest BCUT2D eigenvalue weighted by Crippen LogP contribution is 2.30. The molecular weight excluding hydrogens is 351 g/mol. The molecule has 1 aliphatic rings. The van der Waals surface area contributed by atoms with E-state index in [1.165, 1.54) is 0 Å². The highest BCUT2D eigenvalue weighted by molar-refractivity contribution is 6.67. The molecule has 1 aromatic carbocycles. The maximum absolute atomic E-state index is 12.3. The number of urea groups is 1. The summed E-state index contributed by atoms with van der Waals surface area (Å²) in [6, 6.07) is 7.99. The third kappa shape index (κ3) is 4.35. The number of nitrogens with zero attached hydrogens (tertiary/aromatic N) is 1. The van der Waals surface area contributed by atoms with Crippen molar-refractivity contribution in [2.24, 2.45) is 10.9 Å². The van der Waals surface area contributed by atoms with Crippen LogP contribution in [0.3, 0.4) is 0 Å². The minimum Gasteiger partial charge on any atom is -0.461 e. The van der Waals surface area contributed by atoms with E-state index in [-0.39, 0.29) is 6.61 Å². The molecule has 118 valence electrons. The van der Waals surface area contributed by atoms with Crippen LogP contribution in [0.1, 0.15) is 18.5 Å². The molecular formula is C14H13Cl3N2O3. The molecule has 1 aromatic rings. The smallest absolute Gasteiger partial charge is 0.341 e. The fourth-order valence-electron chi connectivity index (χ4n) is 2.21. The minimum absolute atomic E-state index is 0.354. The second-order valence-corrected chi connectivity index (χ2v) is 7.31. The van der Waals surface area contributed by atoms with Crippen LogP contribution in [0.5, 0.6) is 0 Å². The number of ether oxygens (including phenoxy) is 1. The van der Waals surface area contributed by atoms with Crippen molar-refractivity contribution in [2.45, 2.75) is 16.8 Å². The molecule has 22 heavy (non-hydrogen) atoms. The molecule has 1 heterocycles. The van der Waals surface area contributed by atoms with Gasteiger partial charge in [-0.25, -0.2) is 9.79 Å². The van der Waals surface area contributed by atoms with E-state index >= 15 is 0 Å². The highest BCUT2D eigenvalue weighted by Gasteiger charge is 2.38. The van der Waals surface area contributed by atoms with Gasteiger partial charge in [-0.3, -0.25) is 4.79 Å². The summed E-state index contributed by atoms with van der Waals surface area (Å²) in [4.78, 5) is 27.7. The van der Waals surface area contributed by atoms with Gasteiger partial charge in [-0.1, -0.05) is 65.1 Å². The Balaban J connectivity index is 2.25. The van der Waals surface area contributed by atoms with Gasteiger partial charge < -0.3 is 10.1 Å². The maximum Gasteiger partial charge on any atom is 0.341 e. The maximum atomic E-state index is 12.3. The lowest BCUT2D eigenvalue weighted by molar-refractivity contribution is -0.146. The van der Waals surface area contributed by atoms with Crippen molar-refractivity contribution in [3.8, 4) is 0 Å². The molecule has 2 rings (SSSR count). The predicted octanol–water partition coefficient (Wildman–Crippen LogP) is 3.44. The summed E-state index contributed by atoms with van der Waals surface area (Å²) < 4.78 is 3.34. The molecule has 5 nitrogen and oxygen atoms in total. The molecule has 2 atom stereocenters. The van der Waals surface area contributed by atoms with Crippen LogP contribution in [0.4, 0.5) is 4.79 Å². The van der Waals surface area contributed by atoms with Crippen molar-refractivity contribution in [3.05, 3.63) is 35.9 Å². The Hall–Kier alpha value is -1.30. The first-order valence-corrected chi connectivity index (χ1v) is 7.55. The van der Waals surface area contributed by atoms with E-state index in [2.05, 4.69) is 10.3 Å². The molecule has 8 heteroatoms. The Morgan fingerprint density at radius 3 is 2.55 bits per heavy atom. The molecule has 1 aliphatic heterocycles. The predicted molar refractivity (Wildman–Crippen MR) is 85.6 cm³/mol. The van der Waals surface area contributed by atoms with Crippen molar-refractivity contribution < 1.29 is 14.3 Å². The molecule has 0 bridgehead atoms. The number of carbonyl (C=O) groups excluding carboxylic acids is 2. The van der Waals surface area contributed by atoms with Crippen molar-refractivity contribution in [1.82, 2.24) is 5.32 Å². The van der Waals surface area contributed by atoms with Crippen LogP contribution in [0.2, 0.25) is 0 Å². The van der Waals surface area contributed by atoms with Crippen LogP contribution >= 0.6 is 34.8 Å². The summed E-state index contributed by atoms with van der Waals surface area (Å²) in [5, 5.41) is 2.66. The quantitative estimate of drug-likeness (QED) is 0.661. The van der Waals surface area contributed by atoms with Gasteiger partial charge in [-0.2, -0.15) is 0 Å².